The second-order valence-electron chi connectivity index (χ2n) is 8.14. The van der Waals surface area contributed by atoms with Crippen molar-refractivity contribution in [3.8, 4) is 28.7 Å². The molecule has 0 bridgehead atoms. The molecule has 0 saturated carbocycles. The number of ether oxygens (including phenoxy) is 2. The van der Waals surface area contributed by atoms with E-state index in [0.29, 0.717) is 28.6 Å². The number of nitrogens with one attached hydrogen (secondary N) is 1. The van der Waals surface area contributed by atoms with Crippen LogP contribution >= 0.6 is 0 Å². The van der Waals surface area contributed by atoms with Crippen LogP contribution in [0.25, 0.3) is 17.2 Å². The number of hydrogen-bond donors (Lipinski definition) is 1. The second kappa shape index (κ2) is 10.4. The highest BCUT2D eigenvalue weighted by Gasteiger charge is 2.32. The lowest BCUT2D eigenvalue weighted by Gasteiger charge is -2.21. The van der Waals surface area contributed by atoms with Crippen LogP contribution in [0.3, 0.4) is 0 Å². The molecule has 0 aliphatic heterocycles. The predicted octanol–water partition coefficient (Wildman–Crippen LogP) is 2.91. The van der Waals surface area contributed by atoms with Crippen LogP contribution in [-0.2, 0) is 10.0 Å². The number of aryl methyl sites for hydroxylation is 1. The molecule has 0 fully saturated rings. The molecule has 12 nitrogen and oxygen atoms in total. The summed E-state index contributed by atoms with van der Waals surface area (Å²) in [4.78, 5) is 16.5. The van der Waals surface area contributed by atoms with Gasteiger partial charge in [-0.25, -0.2) is 27.8 Å². The molecule has 0 amide bonds. The minimum absolute atomic E-state index is 0.125. The minimum atomic E-state index is -4.08. The van der Waals surface area contributed by atoms with E-state index in [9.17, 15) is 12.8 Å². The lowest BCUT2D eigenvalue weighted by molar-refractivity contribution is 0.391. The molecule has 0 radical (unpaired) electrons. The Morgan fingerprint density at radius 3 is 2.24 bits per heavy atom. The molecule has 4 aromatic rings. The zero-order valence-corrected chi connectivity index (χ0v) is 21.6. The number of para-hydroxylation sites is 1. The topological polar surface area (TPSA) is 147 Å². The maximum absolute atomic E-state index is 13.5. The Hall–Kier alpha value is -4.20. The third-order valence-electron chi connectivity index (χ3n) is 5.75. The molecule has 3 aromatic heterocycles. The van der Waals surface area contributed by atoms with Crippen molar-refractivity contribution < 1.29 is 22.3 Å². The standard InChI is InChI=1S/C23H25FN8O4S/c1-13-9-25-12-17(28-13)22-29-30-23(32(22)20-18(35-4)7-6-8-19(20)36-5)31-37(33,34)15(3)14(2)21-26-10-16(24)11-27-21/h6-12,14-15H,1-5H3,(H,30,31). The van der Waals surface area contributed by atoms with Crippen molar-refractivity contribution in [2.75, 3.05) is 18.9 Å². The normalized spacial score (nSPS) is 13.1. The van der Waals surface area contributed by atoms with Gasteiger partial charge in [-0.2, -0.15) is 0 Å². The van der Waals surface area contributed by atoms with Crippen molar-refractivity contribution in [1.82, 2.24) is 34.7 Å². The molecule has 0 spiro atoms. The summed E-state index contributed by atoms with van der Waals surface area (Å²) >= 11 is 0. The Kier molecular flexibility index (Phi) is 7.29. The number of rotatable bonds is 9. The van der Waals surface area contributed by atoms with Crippen molar-refractivity contribution in [2.45, 2.75) is 31.9 Å². The van der Waals surface area contributed by atoms with Gasteiger partial charge in [0, 0.05) is 12.1 Å². The Labute approximate surface area is 213 Å². The third kappa shape index (κ3) is 5.18. The number of anilines is 1. The molecule has 14 heteroatoms. The molecule has 2 atom stereocenters. The maximum atomic E-state index is 13.5. The van der Waals surface area contributed by atoms with Gasteiger partial charge in [-0.1, -0.05) is 13.0 Å². The van der Waals surface area contributed by atoms with E-state index in [4.69, 9.17) is 9.47 Å². The van der Waals surface area contributed by atoms with Crippen molar-refractivity contribution in [2.24, 2.45) is 0 Å². The lowest BCUT2D eigenvalue weighted by atomic mass is 10.1. The first-order valence-corrected chi connectivity index (χ1v) is 12.7. The van der Waals surface area contributed by atoms with Gasteiger partial charge in [-0.05, 0) is 26.0 Å². The van der Waals surface area contributed by atoms with E-state index in [1.54, 1.807) is 38.2 Å². The summed E-state index contributed by atoms with van der Waals surface area (Å²) in [5, 5.41) is 7.32. The van der Waals surface area contributed by atoms with E-state index < -0.39 is 27.0 Å². The molecular formula is C23H25FN8O4S. The van der Waals surface area contributed by atoms with E-state index in [-0.39, 0.29) is 17.6 Å². The smallest absolute Gasteiger partial charge is 0.243 e. The van der Waals surface area contributed by atoms with Crippen LogP contribution in [0.15, 0.2) is 43.0 Å². The number of hydrogen-bond acceptors (Lipinski definition) is 10. The van der Waals surface area contributed by atoms with E-state index >= 15 is 0 Å². The Balaban J connectivity index is 1.83. The first kappa shape index (κ1) is 25.9. The highest BCUT2D eigenvalue weighted by atomic mass is 32.2. The van der Waals surface area contributed by atoms with Gasteiger partial charge in [0.15, 0.2) is 11.6 Å². The number of methoxy groups -OCH3 is 2. The molecule has 1 N–H and O–H groups in total. The highest BCUT2D eigenvalue weighted by Crippen LogP contribution is 2.37. The average molecular weight is 529 g/mol. The Morgan fingerprint density at radius 2 is 1.65 bits per heavy atom. The van der Waals surface area contributed by atoms with Gasteiger partial charge in [0.25, 0.3) is 0 Å². The van der Waals surface area contributed by atoms with E-state index in [1.807, 2.05) is 0 Å². The minimum Gasteiger partial charge on any atom is -0.494 e. The number of benzene rings is 1. The Morgan fingerprint density at radius 1 is 1.00 bits per heavy atom. The van der Waals surface area contributed by atoms with Crippen molar-refractivity contribution in [1.29, 1.82) is 0 Å². The van der Waals surface area contributed by atoms with E-state index in [0.717, 1.165) is 12.4 Å². The fraction of sp³-hybridized carbons (Fsp3) is 0.304. The van der Waals surface area contributed by atoms with Gasteiger partial charge < -0.3 is 9.47 Å². The van der Waals surface area contributed by atoms with Gasteiger partial charge in [-0.3, -0.25) is 14.3 Å². The second-order valence-corrected chi connectivity index (χ2v) is 10.2. The van der Waals surface area contributed by atoms with Gasteiger partial charge in [0.05, 0.1) is 43.8 Å². The summed E-state index contributed by atoms with van der Waals surface area (Å²) < 4.78 is 55.3. The highest BCUT2D eigenvalue weighted by molar-refractivity contribution is 7.93. The molecule has 0 aliphatic carbocycles. The van der Waals surface area contributed by atoms with Gasteiger partial charge in [0.1, 0.15) is 28.7 Å². The molecule has 2 unspecified atom stereocenters. The maximum Gasteiger partial charge on any atom is 0.243 e. The fourth-order valence-electron chi connectivity index (χ4n) is 3.61. The van der Waals surface area contributed by atoms with Crippen LogP contribution in [-0.4, -0.2) is 62.6 Å². The number of aromatic nitrogens is 7. The molecule has 3 heterocycles. The summed E-state index contributed by atoms with van der Waals surface area (Å²) in [5.41, 5.74) is 1.34. The van der Waals surface area contributed by atoms with Crippen LogP contribution in [0, 0.1) is 12.7 Å². The summed E-state index contributed by atoms with van der Waals surface area (Å²) in [6, 6.07) is 5.12. The van der Waals surface area contributed by atoms with Crippen LogP contribution in [0.2, 0.25) is 0 Å². The quantitative estimate of drug-likeness (QED) is 0.344. The number of nitrogens with zero attached hydrogens (tertiary/aromatic N) is 7. The summed E-state index contributed by atoms with van der Waals surface area (Å²) in [6.45, 7) is 4.90. The number of halogens is 1. The van der Waals surface area contributed by atoms with Crippen LogP contribution in [0.1, 0.15) is 31.3 Å². The lowest BCUT2D eigenvalue weighted by Crippen LogP contribution is -2.31. The summed E-state index contributed by atoms with van der Waals surface area (Å²) in [5.74, 6) is -0.264. The van der Waals surface area contributed by atoms with Crippen LogP contribution < -0.4 is 14.2 Å². The average Bonchev–Trinajstić information content (AvgIpc) is 3.29. The SMILES string of the molecule is COc1cccc(OC)c1-n1c(NS(=O)(=O)C(C)C(C)c2ncc(F)cn2)nnc1-c1cncc(C)n1. The first-order valence-electron chi connectivity index (χ1n) is 11.1. The first-order chi connectivity index (χ1) is 17.7. The van der Waals surface area contributed by atoms with Crippen LogP contribution in [0.4, 0.5) is 10.3 Å². The zero-order chi connectivity index (χ0) is 26.7. The van der Waals surface area contributed by atoms with Crippen molar-refractivity contribution in [3.63, 3.8) is 0 Å². The number of sulfonamides is 1. The van der Waals surface area contributed by atoms with Crippen molar-refractivity contribution in [3.05, 3.63) is 60.3 Å². The monoisotopic (exact) mass is 528 g/mol. The van der Waals surface area contributed by atoms with Gasteiger partial charge >= 0.3 is 0 Å². The van der Waals surface area contributed by atoms with Gasteiger partial charge in [0.2, 0.25) is 16.0 Å². The zero-order valence-electron chi connectivity index (χ0n) is 20.7. The summed E-state index contributed by atoms with van der Waals surface area (Å²) in [7, 11) is -1.13. The van der Waals surface area contributed by atoms with Crippen LogP contribution in [0.5, 0.6) is 11.5 Å². The molecule has 0 aliphatic rings. The predicted molar refractivity (Wildman–Crippen MR) is 133 cm³/mol. The van der Waals surface area contributed by atoms with Crippen molar-refractivity contribution >= 4 is 16.0 Å². The molecular weight excluding hydrogens is 503 g/mol. The molecule has 194 valence electrons. The molecule has 37 heavy (non-hydrogen) atoms. The van der Waals surface area contributed by atoms with E-state index in [1.165, 1.54) is 31.9 Å². The molecule has 1 aromatic carbocycles. The summed E-state index contributed by atoms with van der Waals surface area (Å²) in [6.07, 6.45) is 5.05. The third-order valence-corrected chi connectivity index (χ3v) is 7.60. The molecule has 0 saturated heterocycles. The van der Waals surface area contributed by atoms with E-state index in [2.05, 4.69) is 34.9 Å². The Bertz CT molecular complexity index is 1490. The largest absolute Gasteiger partial charge is 0.494 e. The molecule has 4 rings (SSSR count). The fourth-order valence-corrected chi connectivity index (χ4v) is 4.84. The van der Waals surface area contributed by atoms with Gasteiger partial charge in [-0.15, -0.1) is 10.2 Å².